The highest BCUT2D eigenvalue weighted by Crippen LogP contribution is 2.43. The molecule has 0 heterocycles. The Balaban J connectivity index is 1.54. The first-order valence-corrected chi connectivity index (χ1v) is 11.4. The number of hydrogen-bond donors (Lipinski definition) is 8. The van der Waals surface area contributed by atoms with E-state index in [1.807, 2.05) is 6.07 Å². The molecule has 4 aromatic carbocycles. The highest BCUT2D eigenvalue weighted by Gasteiger charge is 2.17. The smallest absolute Gasteiger partial charge is 0.201 e. The topological polar surface area (TPSA) is 171 Å². The lowest BCUT2D eigenvalue weighted by Crippen LogP contribution is -1.96. The van der Waals surface area contributed by atoms with Gasteiger partial charge in [0.25, 0.3) is 0 Å². The summed E-state index contributed by atoms with van der Waals surface area (Å²) in [6, 6.07) is 14.7. The number of rotatable bonds is 8. The third kappa shape index (κ3) is 5.84. The molecule has 0 aliphatic rings. The molecular formula is C28H26O9. The minimum absolute atomic E-state index is 0.0519. The van der Waals surface area contributed by atoms with Crippen molar-refractivity contribution in [2.24, 2.45) is 0 Å². The molecule has 0 bridgehead atoms. The van der Waals surface area contributed by atoms with Gasteiger partial charge in [0.1, 0.15) is 11.5 Å². The van der Waals surface area contributed by atoms with Crippen molar-refractivity contribution in [3.63, 3.8) is 0 Å². The Morgan fingerprint density at radius 2 is 1.05 bits per heavy atom. The van der Waals surface area contributed by atoms with Crippen molar-refractivity contribution in [2.45, 2.75) is 25.7 Å². The molecule has 9 nitrogen and oxygen atoms in total. The summed E-state index contributed by atoms with van der Waals surface area (Å²) in [5.74, 6) is -3.11. The SMILES string of the molecule is Oc1cccc(CCc2cc(Oc3cc(CCc4cc(O)c(O)c(O)c4)cc(O)c3O)c(O)cc2O)c1. The predicted octanol–water partition coefficient (Wildman–Crippen LogP) is 4.69. The van der Waals surface area contributed by atoms with Crippen LogP contribution in [0.25, 0.3) is 0 Å². The van der Waals surface area contributed by atoms with Crippen LogP contribution in [0.3, 0.4) is 0 Å². The van der Waals surface area contributed by atoms with Crippen LogP contribution in [0.2, 0.25) is 0 Å². The average Bonchev–Trinajstić information content (AvgIpc) is 2.85. The largest absolute Gasteiger partial charge is 0.508 e. The number of phenolic OH excluding ortho intramolecular Hbond substituents is 8. The van der Waals surface area contributed by atoms with E-state index < -0.39 is 28.7 Å². The van der Waals surface area contributed by atoms with Gasteiger partial charge in [-0.3, -0.25) is 0 Å². The van der Waals surface area contributed by atoms with Crippen LogP contribution in [-0.4, -0.2) is 40.9 Å². The molecule has 0 aliphatic heterocycles. The lowest BCUT2D eigenvalue weighted by atomic mass is 10.0. The summed E-state index contributed by atoms with van der Waals surface area (Å²) in [5.41, 5.74) is 2.37. The van der Waals surface area contributed by atoms with Crippen LogP contribution in [0, 0.1) is 0 Å². The summed E-state index contributed by atoms with van der Waals surface area (Å²) in [4.78, 5) is 0. The average molecular weight is 507 g/mol. The fraction of sp³-hybridized carbons (Fsp3) is 0.143. The van der Waals surface area contributed by atoms with Gasteiger partial charge in [0.05, 0.1) is 0 Å². The Hall–Kier alpha value is -4.92. The van der Waals surface area contributed by atoms with E-state index in [9.17, 15) is 40.9 Å². The van der Waals surface area contributed by atoms with Crippen molar-refractivity contribution in [1.82, 2.24) is 0 Å². The van der Waals surface area contributed by atoms with E-state index in [4.69, 9.17) is 4.74 Å². The second-order valence-corrected chi connectivity index (χ2v) is 8.66. The minimum Gasteiger partial charge on any atom is -0.508 e. The normalized spacial score (nSPS) is 10.9. The van der Waals surface area contributed by atoms with Crippen molar-refractivity contribution in [1.29, 1.82) is 0 Å². The number of aromatic hydroxyl groups is 8. The van der Waals surface area contributed by atoms with Gasteiger partial charge in [0.15, 0.2) is 40.2 Å². The highest BCUT2D eigenvalue weighted by atomic mass is 16.5. The van der Waals surface area contributed by atoms with E-state index in [0.717, 1.165) is 11.6 Å². The molecule has 0 aliphatic carbocycles. The molecule has 0 saturated carbocycles. The zero-order chi connectivity index (χ0) is 26.7. The van der Waals surface area contributed by atoms with E-state index in [0.29, 0.717) is 42.4 Å². The summed E-state index contributed by atoms with van der Waals surface area (Å²) in [7, 11) is 0. The molecule has 0 atom stereocenters. The summed E-state index contributed by atoms with van der Waals surface area (Å²) >= 11 is 0. The zero-order valence-corrected chi connectivity index (χ0v) is 19.6. The molecule has 0 fully saturated rings. The number of aryl methyl sites for hydroxylation is 4. The van der Waals surface area contributed by atoms with Crippen LogP contribution in [0.15, 0.2) is 60.7 Å². The monoisotopic (exact) mass is 506 g/mol. The molecule has 0 saturated heterocycles. The van der Waals surface area contributed by atoms with Crippen LogP contribution in [0.5, 0.6) is 57.5 Å². The minimum atomic E-state index is -0.614. The van der Waals surface area contributed by atoms with Crippen molar-refractivity contribution >= 4 is 0 Å². The van der Waals surface area contributed by atoms with Crippen molar-refractivity contribution in [3.8, 4) is 57.5 Å². The molecule has 0 aromatic heterocycles. The van der Waals surface area contributed by atoms with Crippen LogP contribution in [0.1, 0.15) is 22.3 Å². The van der Waals surface area contributed by atoms with Gasteiger partial charge in [-0.2, -0.15) is 0 Å². The van der Waals surface area contributed by atoms with Gasteiger partial charge in [0, 0.05) is 6.07 Å². The Labute approximate surface area is 212 Å². The molecule has 0 radical (unpaired) electrons. The van der Waals surface area contributed by atoms with Gasteiger partial charge in [-0.1, -0.05) is 12.1 Å². The summed E-state index contributed by atoms with van der Waals surface area (Å²) < 4.78 is 5.71. The highest BCUT2D eigenvalue weighted by molar-refractivity contribution is 5.57. The second kappa shape index (κ2) is 10.4. The predicted molar refractivity (Wildman–Crippen MR) is 134 cm³/mol. The molecule has 192 valence electrons. The van der Waals surface area contributed by atoms with E-state index in [2.05, 4.69) is 0 Å². The lowest BCUT2D eigenvalue weighted by molar-refractivity contribution is 0.359. The lowest BCUT2D eigenvalue weighted by Gasteiger charge is -2.14. The number of phenols is 8. The maximum absolute atomic E-state index is 10.3. The molecule has 37 heavy (non-hydrogen) atoms. The van der Waals surface area contributed by atoms with Crippen LogP contribution < -0.4 is 4.74 Å². The van der Waals surface area contributed by atoms with E-state index in [1.54, 1.807) is 18.2 Å². The maximum Gasteiger partial charge on any atom is 0.201 e. The third-order valence-electron chi connectivity index (χ3n) is 5.92. The fourth-order valence-corrected chi connectivity index (χ4v) is 3.96. The standard InChI is InChI=1S/C28H26O9/c29-19-3-1-2-15(8-19)6-7-18-13-25(21(31)14-20(18)30)37-26-12-17(11-24(34)28(26)36)5-4-16-9-22(32)27(35)23(33)10-16/h1-3,8-14,29-36H,4-7H2. The molecule has 0 unspecified atom stereocenters. The Morgan fingerprint density at radius 3 is 1.70 bits per heavy atom. The third-order valence-corrected chi connectivity index (χ3v) is 5.92. The van der Waals surface area contributed by atoms with E-state index in [-0.39, 0.29) is 28.7 Å². The van der Waals surface area contributed by atoms with Gasteiger partial charge < -0.3 is 45.6 Å². The fourth-order valence-electron chi connectivity index (χ4n) is 3.96. The van der Waals surface area contributed by atoms with Crippen LogP contribution >= 0.6 is 0 Å². The quantitative estimate of drug-likeness (QED) is 0.158. The second-order valence-electron chi connectivity index (χ2n) is 8.66. The Morgan fingerprint density at radius 1 is 0.459 bits per heavy atom. The first-order chi connectivity index (χ1) is 17.6. The van der Waals surface area contributed by atoms with Gasteiger partial charge in [-0.25, -0.2) is 0 Å². The molecule has 9 heteroatoms. The van der Waals surface area contributed by atoms with E-state index in [1.165, 1.54) is 30.3 Å². The number of benzene rings is 4. The number of hydrogen-bond acceptors (Lipinski definition) is 9. The Bertz CT molecular complexity index is 1420. The Kier molecular flexibility index (Phi) is 7.06. The van der Waals surface area contributed by atoms with Crippen molar-refractivity contribution in [2.75, 3.05) is 0 Å². The molecular weight excluding hydrogens is 480 g/mol. The van der Waals surface area contributed by atoms with Gasteiger partial charge in [0.2, 0.25) is 5.75 Å². The van der Waals surface area contributed by atoms with Crippen molar-refractivity contribution in [3.05, 3.63) is 82.9 Å². The molecule has 8 N–H and O–H groups in total. The van der Waals surface area contributed by atoms with Crippen molar-refractivity contribution < 1.29 is 45.6 Å². The zero-order valence-electron chi connectivity index (χ0n) is 19.6. The summed E-state index contributed by atoms with van der Waals surface area (Å²) in [6.07, 6.45) is 1.49. The van der Waals surface area contributed by atoms with Gasteiger partial charge >= 0.3 is 0 Å². The summed E-state index contributed by atoms with van der Waals surface area (Å²) in [6.45, 7) is 0. The molecule has 0 amide bonds. The van der Waals surface area contributed by atoms with Crippen LogP contribution in [-0.2, 0) is 25.7 Å². The van der Waals surface area contributed by atoms with Gasteiger partial charge in [-0.05, 0) is 90.4 Å². The molecule has 4 aromatic rings. The van der Waals surface area contributed by atoms with Gasteiger partial charge in [-0.15, -0.1) is 0 Å². The first kappa shape index (κ1) is 25.2. The molecule has 0 spiro atoms. The summed E-state index contributed by atoms with van der Waals surface area (Å²) in [5, 5.41) is 79.7. The first-order valence-electron chi connectivity index (χ1n) is 11.4. The maximum atomic E-state index is 10.3. The number of ether oxygens (including phenoxy) is 1. The van der Waals surface area contributed by atoms with E-state index >= 15 is 0 Å². The van der Waals surface area contributed by atoms with Crippen LogP contribution in [0.4, 0.5) is 0 Å². The molecule has 4 rings (SSSR count).